The normalized spacial score (nSPS) is 14.6. The number of ketones is 2. The molecule has 0 spiro atoms. The van der Waals surface area contributed by atoms with E-state index in [1.54, 1.807) is 23.5 Å². The Morgan fingerprint density at radius 1 is 0.619 bits per heavy atom. The van der Waals surface area contributed by atoms with Gasteiger partial charge in [0.05, 0.1) is 26.7 Å². The molecule has 42 heavy (non-hydrogen) atoms. The highest BCUT2D eigenvalue weighted by molar-refractivity contribution is 8.42. The fourth-order valence-electron chi connectivity index (χ4n) is 4.64. The molecule has 0 aliphatic carbocycles. The Balaban J connectivity index is 1.48. The van der Waals surface area contributed by atoms with E-state index in [2.05, 4.69) is 13.8 Å². The second kappa shape index (κ2) is 15.6. The zero-order valence-corrected chi connectivity index (χ0v) is 29.0. The van der Waals surface area contributed by atoms with Crippen LogP contribution >= 0.6 is 70.6 Å². The van der Waals surface area contributed by atoms with Crippen LogP contribution in [0.1, 0.15) is 84.5 Å². The molecule has 3 aromatic rings. The fraction of sp³-hybridized carbons (Fsp3) is 0.333. The summed E-state index contributed by atoms with van der Waals surface area (Å²) in [5.74, 6) is 2.19. The third-order valence-electron chi connectivity index (χ3n) is 6.87. The Morgan fingerprint density at radius 2 is 1.02 bits per heavy atom. The monoisotopic (exact) mass is 669 g/mol. The molecule has 2 aromatic carbocycles. The standard InChI is InChI=1S/C33H35NO2S6/c1-4-6-14-20-37-30-31(38-21-15-7-5-2)42-33(41-30)32-39-28-24(26(35)22-16-10-8-11-17-22)34(3)25(29(28)40-32)27(36)23-18-12-9-13-19-23/h8-13,16-19H,4-7,14-15,20-21H2,1-3H3. The highest BCUT2D eigenvalue weighted by Gasteiger charge is 2.38. The largest absolute Gasteiger partial charge is 0.336 e. The molecule has 0 unspecified atom stereocenters. The Labute approximate surface area is 275 Å². The molecule has 3 heterocycles. The van der Waals surface area contributed by atoms with E-state index in [1.807, 2.05) is 119 Å². The molecule has 2 aliphatic heterocycles. The van der Waals surface area contributed by atoms with Gasteiger partial charge in [-0.2, -0.15) is 0 Å². The van der Waals surface area contributed by atoms with Crippen molar-refractivity contribution in [2.24, 2.45) is 7.05 Å². The van der Waals surface area contributed by atoms with Gasteiger partial charge in [0.25, 0.3) is 0 Å². The average molecular weight is 670 g/mol. The quantitative estimate of drug-likeness (QED) is 0.124. The number of thioether (sulfide) groups is 6. The van der Waals surface area contributed by atoms with Crippen molar-refractivity contribution in [2.45, 2.75) is 62.2 Å². The van der Waals surface area contributed by atoms with Crippen LogP contribution in [0.15, 0.2) is 87.4 Å². The van der Waals surface area contributed by atoms with E-state index in [1.165, 1.54) is 55.5 Å². The van der Waals surface area contributed by atoms with Crippen LogP contribution in [-0.2, 0) is 7.05 Å². The van der Waals surface area contributed by atoms with Gasteiger partial charge in [0.15, 0.2) is 0 Å². The number of unbranched alkanes of at least 4 members (excludes halogenated alkanes) is 4. The summed E-state index contributed by atoms with van der Waals surface area (Å²) in [7, 11) is 1.86. The first kappa shape index (κ1) is 32.0. The van der Waals surface area contributed by atoms with E-state index in [-0.39, 0.29) is 11.6 Å². The molecule has 0 bridgehead atoms. The topological polar surface area (TPSA) is 39.1 Å². The third-order valence-corrected chi connectivity index (χ3v) is 15.7. The maximum absolute atomic E-state index is 13.9. The molecule has 0 saturated heterocycles. The molecule has 0 radical (unpaired) electrons. The molecule has 5 rings (SSSR count). The van der Waals surface area contributed by atoms with Crippen LogP contribution in [-0.4, -0.2) is 27.6 Å². The second-order valence-electron chi connectivity index (χ2n) is 9.97. The Hall–Kier alpha value is -1.36. The molecule has 0 atom stereocenters. The van der Waals surface area contributed by atoms with Crippen molar-refractivity contribution in [1.29, 1.82) is 0 Å². The molecular formula is C33H35NO2S6. The molecule has 1 aromatic heterocycles. The number of hydrogen-bond donors (Lipinski definition) is 0. The first-order valence-corrected chi connectivity index (χ1v) is 19.6. The number of rotatable bonds is 14. The summed E-state index contributed by atoms with van der Waals surface area (Å²) in [5.41, 5.74) is 2.45. The first-order chi connectivity index (χ1) is 20.5. The average Bonchev–Trinajstić information content (AvgIpc) is 3.69. The molecule has 0 N–H and O–H groups in total. The number of carbonyl (C=O) groups excluding carboxylic acids is 2. The van der Waals surface area contributed by atoms with Crippen LogP contribution in [0.3, 0.4) is 0 Å². The molecule has 0 fully saturated rings. The SMILES string of the molecule is CCCCCSC1=C(SCCCCC)SC(=C2Sc3c(c(C(=O)c4ccccc4)n(C)c3C(=O)c3ccccc3)S2)S1. The van der Waals surface area contributed by atoms with Crippen LogP contribution in [0, 0.1) is 0 Å². The molecule has 220 valence electrons. The predicted octanol–water partition coefficient (Wildman–Crippen LogP) is 11.3. The molecule has 0 saturated carbocycles. The third kappa shape index (κ3) is 7.29. The summed E-state index contributed by atoms with van der Waals surface area (Å²) in [5, 5.41) is 0. The summed E-state index contributed by atoms with van der Waals surface area (Å²) >= 11 is 11.1. The number of benzene rings is 2. The Morgan fingerprint density at radius 3 is 1.43 bits per heavy atom. The minimum absolute atomic E-state index is 0.0509. The summed E-state index contributed by atoms with van der Waals surface area (Å²) in [6.07, 6.45) is 7.47. The van der Waals surface area contributed by atoms with E-state index >= 15 is 0 Å². The lowest BCUT2D eigenvalue weighted by Crippen LogP contribution is -2.14. The van der Waals surface area contributed by atoms with Crippen molar-refractivity contribution in [1.82, 2.24) is 4.57 Å². The minimum Gasteiger partial charge on any atom is -0.336 e. The fourth-order valence-corrected chi connectivity index (χ4v) is 13.8. The summed E-state index contributed by atoms with van der Waals surface area (Å²) < 4.78 is 7.11. The number of nitrogens with zero attached hydrogens (tertiary/aromatic N) is 1. The maximum atomic E-state index is 13.9. The van der Waals surface area contributed by atoms with Gasteiger partial charge in [0, 0.05) is 18.2 Å². The highest BCUT2D eigenvalue weighted by Crippen LogP contribution is 2.65. The first-order valence-electron chi connectivity index (χ1n) is 14.4. The van der Waals surface area contributed by atoms with E-state index in [9.17, 15) is 9.59 Å². The van der Waals surface area contributed by atoms with Gasteiger partial charge in [0.2, 0.25) is 11.6 Å². The predicted molar refractivity (Wildman–Crippen MR) is 190 cm³/mol. The lowest BCUT2D eigenvalue weighted by Gasteiger charge is -2.10. The summed E-state index contributed by atoms with van der Waals surface area (Å²) in [6, 6.07) is 18.8. The lowest BCUT2D eigenvalue weighted by atomic mass is 10.1. The molecule has 0 amide bonds. The zero-order chi connectivity index (χ0) is 29.5. The second-order valence-corrected chi connectivity index (χ2v) is 17.3. The van der Waals surface area contributed by atoms with Crippen molar-refractivity contribution in [3.63, 3.8) is 0 Å². The van der Waals surface area contributed by atoms with Crippen molar-refractivity contribution >= 4 is 82.1 Å². The smallest absolute Gasteiger partial charge is 0.210 e. The van der Waals surface area contributed by atoms with Gasteiger partial charge in [-0.25, -0.2) is 0 Å². The van der Waals surface area contributed by atoms with E-state index in [0.717, 1.165) is 21.3 Å². The highest BCUT2D eigenvalue weighted by atomic mass is 32.3. The molecule has 2 aliphatic rings. The van der Waals surface area contributed by atoms with Gasteiger partial charge in [-0.1, -0.05) is 147 Å². The van der Waals surface area contributed by atoms with Crippen LogP contribution in [0.2, 0.25) is 0 Å². The van der Waals surface area contributed by atoms with Gasteiger partial charge in [-0.3, -0.25) is 9.59 Å². The van der Waals surface area contributed by atoms with Gasteiger partial charge in [-0.05, 0) is 24.3 Å². The molecule has 9 heteroatoms. The molecule has 3 nitrogen and oxygen atoms in total. The maximum Gasteiger partial charge on any atom is 0.210 e. The van der Waals surface area contributed by atoms with Crippen LogP contribution in [0.25, 0.3) is 0 Å². The minimum atomic E-state index is -0.0509. The van der Waals surface area contributed by atoms with Crippen molar-refractivity contribution in [3.8, 4) is 0 Å². The summed E-state index contributed by atoms with van der Waals surface area (Å²) in [4.78, 5) is 29.6. The van der Waals surface area contributed by atoms with Crippen LogP contribution in [0.5, 0.6) is 0 Å². The summed E-state index contributed by atoms with van der Waals surface area (Å²) in [6.45, 7) is 4.50. The van der Waals surface area contributed by atoms with Crippen molar-refractivity contribution < 1.29 is 9.59 Å². The molecular weight excluding hydrogens is 635 g/mol. The van der Waals surface area contributed by atoms with Crippen LogP contribution in [0.4, 0.5) is 0 Å². The number of aromatic nitrogens is 1. The van der Waals surface area contributed by atoms with E-state index in [0.29, 0.717) is 22.5 Å². The van der Waals surface area contributed by atoms with Gasteiger partial charge < -0.3 is 4.57 Å². The number of fused-ring (bicyclic) bond motifs is 1. The van der Waals surface area contributed by atoms with Gasteiger partial charge >= 0.3 is 0 Å². The number of carbonyl (C=O) groups is 2. The van der Waals surface area contributed by atoms with Gasteiger partial charge in [0.1, 0.15) is 11.4 Å². The van der Waals surface area contributed by atoms with E-state index < -0.39 is 0 Å². The zero-order valence-electron chi connectivity index (χ0n) is 24.1. The Kier molecular flexibility index (Phi) is 11.9. The lowest BCUT2D eigenvalue weighted by molar-refractivity contribution is 0.102. The van der Waals surface area contributed by atoms with Crippen molar-refractivity contribution in [2.75, 3.05) is 11.5 Å². The van der Waals surface area contributed by atoms with Crippen molar-refractivity contribution in [3.05, 3.63) is 100 Å². The number of hydrogen-bond acceptors (Lipinski definition) is 8. The van der Waals surface area contributed by atoms with Crippen LogP contribution < -0.4 is 0 Å². The van der Waals surface area contributed by atoms with Gasteiger partial charge in [-0.15, -0.1) is 23.5 Å². The Bertz CT molecular complexity index is 1390. The van der Waals surface area contributed by atoms with E-state index in [4.69, 9.17) is 0 Å².